The molecule has 1 aromatic rings. The van der Waals surface area contributed by atoms with Gasteiger partial charge in [-0.3, -0.25) is 14.5 Å². The quantitative estimate of drug-likeness (QED) is 0.813. The second kappa shape index (κ2) is 7.99. The third-order valence-electron chi connectivity index (χ3n) is 6.09. The van der Waals surface area contributed by atoms with Gasteiger partial charge in [-0.25, -0.2) is 4.39 Å². The average Bonchev–Trinajstić information content (AvgIpc) is 2.82. The zero-order chi connectivity index (χ0) is 21.5. The minimum atomic E-state index is -0.359. The number of carbonyl (C=O) groups is 2. The normalized spacial score (nSPS) is 24.8. The highest BCUT2D eigenvalue weighted by Gasteiger charge is 2.38. The van der Waals surface area contributed by atoms with Gasteiger partial charge in [-0.15, -0.1) is 0 Å². The van der Waals surface area contributed by atoms with Gasteiger partial charge in [-0.2, -0.15) is 0 Å². The van der Waals surface area contributed by atoms with Gasteiger partial charge >= 0.3 is 0 Å². The Kier molecular flexibility index (Phi) is 5.53. The van der Waals surface area contributed by atoms with Crippen LogP contribution in [0.1, 0.15) is 45.1 Å². The van der Waals surface area contributed by atoms with Crippen molar-refractivity contribution in [3.05, 3.63) is 59.1 Å². The van der Waals surface area contributed by atoms with Crippen LogP contribution in [0.4, 0.5) is 4.39 Å². The fourth-order valence-corrected chi connectivity index (χ4v) is 4.52. The van der Waals surface area contributed by atoms with Gasteiger partial charge in [-0.05, 0) is 29.0 Å². The summed E-state index contributed by atoms with van der Waals surface area (Å²) in [5.41, 5.74) is 2.46. The van der Waals surface area contributed by atoms with E-state index in [2.05, 4.69) is 37.1 Å². The van der Waals surface area contributed by atoms with Gasteiger partial charge < -0.3 is 10.2 Å². The van der Waals surface area contributed by atoms with Crippen molar-refractivity contribution in [1.29, 1.82) is 0 Å². The number of amides is 2. The first kappa shape index (κ1) is 20.8. The minimum absolute atomic E-state index is 0.0342. The Morgan fingerprint density at radius 2 is 2.00 bits per heavy atom. The van der Waals surface area contributed by atoms with E-state index >= 15 is 0 Å². The second-order valence-electron chi connectivity index (χ2n) is 9.73. The maximum Gasteiger partial charge on any atom is 0.243 e. The van der Waals surface area contributed by atoms with Gasteiger partial charge in [0.15, 0.2) is 0 Å². The Balaban J connectivity index is 1.52. The smallest absolute Gasteiger partial charge is 0.243 e. The molecule has 1 aromatic carbocycles. The van der Waals surface area contributed by atoms with E-state index in [9.17, 15) is 14.0 Å². The van der Waals surface area contributed by atoms with Crippen LogP contribution in [-0.2, 0) is 9.59 Å². The van der Waals surface area contributed by atoms with Gasteiger partial charge in [-0.1, -0.05) is 51.1 Å². The van der Waals surface area contributed by atoms with Crippen molar-refractivity contribution in [1.82, 2.24) is 15.1 Å². The van der Waals surface area contributed by atoms with Crippen LogP contribution in [0.3, 0.4) is 0 Å². The number of hydrogen-bond acceptors (Lipinski definition) is 3. The molecule has 2 aliphatic heterocycles. The van der Waals surface area contributed by atoms with Gasteiger partial charge in [0.05, 0.1) is 0 Å². The van der Waals surface area contributed by atoms with Crippen molar-refractivity contribution < 1.29 is 14.0 Å². The lowest BCUT2D eigenvalue weighted by Gasteiger charge is -2.40. The molecule has 30 heavy (non-hydrogen) atoms. The molecule has 1 N–H and O–H groups in total. The Morgan fingerprint density at radius 3 is 2.73 bits per heavy atom. The molecular formula is C24H30FN3O2. The maximum atomic E-state index is 14.3. The lowest BCUT2D eigenvalue weighted by atomic mass is 9.87. The molecule has 2 atom stereocenters. The Labute approximate surface area is 177 Å². The molecule has 2 heterocycles. The van der Waals surface area contributed by atoms with Gasteiger partial charge in [0.2, 0.25) is 11.8 Å². The number of nitrogens with one attached hydrogen (secondary N) is 1. The van der Waals surface area contributed by atoms with Gasteiger partial charge in [0, 0.05) is 44.2 Å². The lowest BCUT2D eigenvalue weighted by molar-refractivity contribution is -0.138. The van der Waals surface area contributed by atoms with E-state index in [-0.39, 0.29) is 35.0 Å². The summed E-state index contributed by atoms with van der Waals surface area (Å²) in [5.74, 6) is -0.192. The standard InChI is InChI=1S/C24H30FN3O2/c1-24(2,3)13-22(29)28-11-10-27-14-17-12-16(18-6-4-5-7-19(18)25)8-9-20(17)26-23(30)21(27)15-28/h4-7,9,12,16,21H,8,10-11,13-15H2,1-3H3,(H,26,30). The molecule has 2 fully saturated rings. The summed E-state index contributed by atoms with van der Waals surface area (Å²) in [6.07, 6.45) is 5.22. The van der Waals surface area contributed by atoms with Crippen LogP contribution < -0.4 is 5.32 Å². The largest absolute Gasteiger partial charge is 0.339 e. The highest BCUT2D eigenvalue weighted by Crippen LogP contribution is 2.33. The van der Waals surface area contributed by atoms with E-state index in [1.54, 1.807) is 6.07 Å². The van der Waals surface area contributed by atoms with Crippen molar-refractivity contribution in [3.8, 4) is 0 Å². The third kappa shape index (κ3) is 4.33. The summed E-state index contributed by atoms with van der Waals surface area (Å²) in [4.78, 5) is 29.6. The molecule has 2 amide bonds. The molecule has 160 valence electrons. The van der Waals surface area contributed by atoms with Crippen LogP contribution in [-0.4, -0.2) is 53.8 Å². The summed E-state index contributed by atoms with van der Waals surface area (Å²) in [6.45, 7) is 8.48. The number of rotatable bonds is 2. The number of allylic oxidation sites excluding steroid dienone is 2. The summed E-state index contributed by atoms with van der Waals surface area (Å²) in [6, 6.07) is 6.52. The number of hydrogen-bond donors (Lipinski definition) is 1. The lowest BCUT2D eigenvalue weighted by Crippen LogP contribution is -2.58. The summed E-state index contributed by atoms with van der Waals surface area (Å²) < 4.78 is 14.3. The zero-order valence-corrected chi connectivity index (χ0v) is 18.0. The molecule has 6 heteroatoms. The minimum Gasteiger partial charge on any atom is -0.339 e. The molecule has 0 radical (unpaired) electrons. The Hall–Kier alpha value is -2.47. The van der Waals surface area contributed by atoms with Gasteiger partial charge in [0.1, 0.15) is 11.9 Å². The van der Waals surface area contributed by atoms with E-state index < -0.39 is 0 Å². The molecule has 3 aliphatic rings. The van der Waals surface area contributed by atoms with E-state index in [0.717, 1.165) is 11.3 Å². The van der Waals surface area contributed by atoms with Crippen LogP contribution in [0, 0.1) is 11.2 Å². The highest BCUT2D eigenvalue weighted by atomic mass is 19.1. The summed E-state index contributed by atoms with van der Waals surface area (Å²) >= 11 is 0. The molecule has 0 saturated carbocycles. The molecule has 2 saturated heterocycles. The molecule has 1 aliphatic carbocycles. The van der Waals surface area contributed by atoms with Crippen molar-refractivity contribution >= 4 is 11.8 Å². The topological polar surface area (TPSA) is 52.7 Å². The average molecular weight is 412 g/mol. The van der Waals surface area contributed by atoms with Gasteiger partial charge in [0.25, 0.3) is 0 Å². The van der Waals surface area contributed by atoms with E-state index in [0.29, 0.717) is 44.6 Å². The first-order valence-corrected chi connectivity index (χ1v) is 10.7. The second-order valence-corrected chi connectivity index (χ2v) is 9.73. The van der Waals surface area contributed by atoms with Crippen molar-refractivity contribution in [3.63, 3.8) is 0 Å². The molecular weight excluding hydrogens is 381 g/mol. The molecule has 5 nitrogen and oxygen atoms in total. The van der Waals surface area contributed by atoms with Crippen molar-refractivity contribution in [2.24, 2.45) is 5.41 Å². The number of nitrogens with zero attached hydrogens (tertiary/aromatic N) is 2. The maximum absolute atomic E-state index is 14.3. The van der Waals surface area contributed by atoms with E-state index in [4.69, 9.17) is 0 Å². The number of carbonyl (C=O) groups excluding carboxylic acids is 2. The highest BCUT2D eigenvalue weighted by molar-refractivity contribution is 5.86. The van der Waals surface area contributed by atoms with Crippen LogP contribution >= 0.6 is 0 Å². The third-order valence-corrected chi connectivity index (χ3v) is 6.09. The van der Waals surface area contributed by atoms with Crippen LogP contribution in [0.5, 0.6) is 0 Å². The number of fused-ring (bicyclic) bond motifs is 2. The van der Waals surface area contributed by atoms with Crippen LogP contribution in [0.25, 0.3) is 0 Å². The molecule has 2 unspecified atom stereocenters. The molecule has 0 spiro atoms. The van der Waals surface area contributed by atoms with E-state index in [1.165, 1.54) is 6.07 Å². The van der Waals surface area contributed by atoms with Crippen LogP contribution in [0.15, 0.2) is 47.7 Å². The SMILES string of the molecule is CC(C)(C)CC(=O)N1CCN2CC3=CC(c4ccccc4F)CC=C3NC(=O)C2C1. The van der Waals surface area contributed by atoms with Crippen molar-refractivity contribution in [2.45, 2.75) is 45.6 Å². The van der Waals surface area contributed by atoms with E-state index in [1.807, 2.05) is 23.1 Å². The number of piperazine rings is 1. The summed E-state index contributed by atoms with van der Waals surface area (Å²) in [7, 11) is 0. The molecule has 0 aromatic heterocycles. The number of benzene rings is 1. The fraction of sp³-hybridized carbons (Fsp3) is 0.500. The monoisotopic (exact) mass is 411 g/mol. The first-order chi connectivity index (χ1) is 14.2. The van der Waals surface area contributed by atoms with Crippen molar-refractivity contribution in [2.75, 3.05) is 26.2 Å². The summed E-state index contributed by atoms with van der Waals surface area (Å²) in [5, 5.41) is 3.05. The first-order valence-electron chi connectivity index (χ1n) is 10.7. The fourth-order valence-electron chi connectivity index (χ4n) is 4.52. The Bertz CT molecular complexity index is 915. The number of halogens is 1. The Morgan fingerprint density at radius 1 is 1.23 bits per heavy atom. The zero-order valence-electron chi connectivity index (χ0n) is 18.0. The molecule has 0 bridgehead atoms. The molecule has 4 rings (SSSR count). The predicted molar refractivity (Wildman–Crippen MR) is 114 cm³/mol. The predicted octanol–water partition coefficient (Wildman–Crippen LogP) is 3.20. The van der Waals surface area contributed by atoms with Crippen LogP contribution in [0.2, 0.25) is 0 Å².